The van der Waals surface area contributed by atoms with E-state index in [0.717, 1.165) is 12.1 Å². The molecule has 2 N–H and O–H groups in total. The Labute approximate surface area is 119 Å². The Balaban J connectivity index is 2.17. The van der Waals surface area contributed by atoms with E-state index < -0.39 is 17.5 Å². The fourth-order valence-corrected chi connectivity index (χ4v) is 1.75. The second-order valence-corrected chi connectivity index (χ2v) is 4.34. The van der Waals surface area contributed by atoms with Crippen molar-refractivity contribution in [1.29, 1.82) is 0 Å². The van der Waals surface area contributed by atoms with Crippen LogP contribution < -0.4 is 10.6 Å². The van der Waals surface area contributed by atoms with Gasteiger partial charge in [0.15, 0.2) is 0 Å². The highest BCUT2D eigenvalue weighted by atomic mass is 19.1. The van der Waals surface area contributed by atoms with Crippen LogP contribution in [0.3, 0.4) is 0 Å². The first-order valence-electron chi connectivity index (χ1n) is 6.10. The van der Waals surface area contributed by atoms with Crippen LogP contribution in [-0.4, -0.2) is 11.8 Å². The predicted molar refractivity (Wildman–Crippen MR) is 75.1 cm³/mol. The minimum atomic E-state index is -0.939. The number of nitrogens with one attached hydrogen (secondary N) is 2. The number of hydrogen-bond donors (Lipinski definition) is 2. The zero-order chi connectivity index (χ0) is 15.4. The molecule has 0 aliphatic carbocycles. The fourth-order valence-electron chi connectivity index (χ4n) is 1.75. The molecule has 2 aromatic carbocycles. The van der Waals surface area contributed by atoms with Gasteiger partial charge < -0.3 is 10.6 Å². The van der Waals surface area contributed by atoms with Crippen LogP contribution in [0.4, 0.5) is 20.2 Å². The van der Waals surface area contributed by atoms with E-state index in [1.54, 1.807) is 18.2 Å². The van der Waals surface area contributed by atoms with Crippen molar-refractivity contribution in [3.63, 3.8) is 0 Å². The first-order valence-corrected chi connectivity index (χ1v) is 6.10. The molecule has 0 atom stereocenters. The summed E-state index contributed by atoms with van der Waals surface area (Å²) in [6.45, 7) is 1.36. The molecule has 2 amide bonds. The molecule has 0 aliphatic heterocycles. The minimum Gasteiger partial charge on any atom is -0.326 e. The molecule has 2 rings (SSSR count). The molecule has 0 spiro atoms. The highest BCUT2D eigenvalue weighted by Crippen LogP contribution is 2.17. The molecule has 0 saturated carbocycles. The van der Waals surface area contributed by atoms with Crippen LogP contribution in [0.1, 0.15) is 17.3 Å². The van der Waals surface area contributed by atoms with Crippen molar-refractivity contribution in [3.05, 3.63) is 59.7 Å². The maximum absolute atomic E-state index is 13.5. The van der Waals surface area contributed by atoms with Crippen LogP contribution in [-0.2, 0) is 4.79 Å². The quantitative estimate of drug-likeness (QED) is 0.912. The van der Waals surface area contributed by atoms with E-state index >= 15 is 0 Å². The third-order valence-electron chi connectivity index (χ3n) is 2.62. The van der Waals surface area contributed by atoms with E-state index in [4.69, 9.17) is 0 Å². The van der Waals surface area contributed by atoms with Gasteiger partial charge in [-0.15, -0.1) is 0 Å². The second kappa shape index (κ2) is 6.13. The van der Waals surface area contributed by atoms with Gasteiger partial charge in [-0.25, -0.2) is 8.78 Å². The third-order valence-corrected chi connectivity index (χ3v) is 2.62. The summed E-state index contributed by atoms with van der Waals surface area (Å²) in [5.41, 5.74) is 0.621. The molecule has 0 saturated heterocycles. The van der Waals surface area contributed by atoms with E-state index in [-0.39, 0.29) is 11.5 Å². The second-order valence-electron chi connectivity index (χ2n) is 4.34. The van der Waals surface area contributed by atoms with Crippen molar-refractivity contribution in [1.82, 2.24) is 0 Å². The molecule has 0 aliphatic rings. The van der Waals surface area contributed by atoms with Crippen molar-refractivity contribution in [2.75, 3.05) is 10.6 Å². The van der Waals surface area contributed by atoms with Gasteiger partial charge in [0, 0.05) is 24.4 Å². The smallest absolute Gasteiger partial charge is 0.258 e. The van der Waals surface area contributed by atoms with Gasteiger partial charge in [-0.3, -0.25) is 9.59 Å². The lowest BCUT2D eigenvalue weighted by molar-refractivity contribution is -0.114. The summed E-state index contributed by atoms with van der Waals surface area (Å²) in [7, 11) is 0. The molecule has 21 heavy (non-hydrogen) atoms. The highest BCUT2D eigenvalue weighted by molar-refractivity contribution is 6.04. The summed E-state index contributed by atoms with van der Waals surface area (Å²) in [4.78, 5) is 22.9. The van der Waals surface area contributed by atoms with E-state index in [9.17, 15) is 18.4 Å². The number of carbonyl (C=O) groups excluding carboxylic acids is 2. The first kappa shape index (κ1) is 14.6. The van der Waals surface area contributed by atoms with Crippen molar-refractivity contribution in [2.24, 2.45) is 0 Å². The Hall–Kier alpha value is -2.76. The molecule has 0 fully saturated rings. The average molecular weight is 290 g/mol. The molecule has 0 unspecified atom stereocenters. The van der Waals surface area contributed by atoms with Crippen LogP contribution in [0.2, 0.25) is 0 Å². The summed E-state index contributed by atoms with van der Waals surface area (Å²) in [5, 5.41) is 5.04. The summed E-state index contributed by atoms with van der Waals surface area (Å²) < 4.78 is 26.3. The number of anilines is 2. The molecule has 4 nitrogen and oxygen atoms in total. The number of rotatable bonds is 3. The topological polar surface area (TPSA) is 58.2 Å². The van der Waals surface area contributed by atoms with Crippen molar-refractivity contribution in [3.8, 4) is 0 Å². The maximum Gasteiger partial charge on any atom is 0.258 e. The van der Waals surface area contributed by atoms with Crippen molar-refractivity contribution >= 4 is 23.2 Å². The molecule has 0 bridgehead atoms. The summed E-state index contributed by atoms with van der Waals surface area (Å²) in [6, 6.07) is 9.11. The highest BCUT2D eigenvalue weighted by Gasteiger charge is 2.12. The van der Waals surface area contributed by atoms with Crippen LogP contribution in [0.25, 0.3) is 0 Å². The third kappa shape index (κ3) is 3.85. The number of carbonyl (C=O) groups is 2. The summed E-state index contributed by atoms with van der Waals surface area (Å²) in [5.74, 6) is -2.64. The zero-order valence-electron chi connectivity index (χ0n) is 11.1. The van der Waals surface area contributed by atoms with Gasteiger partial charge in [-0.1, -0.05) is 6.07 Å². The zero-order valence-corrected chi connectivity index (χ0v) is 11.1. The van der Waals surface area contributed by atoms with Crippen LogP contribution in [0.5, 0.6) is 0 Å². The van der Waals surface area contributed by atoms with Gasteiger partial charge >= 0.3 is 0 Å². The fraction of sp³-hybridized carbons (Fsp3) is 0.0667. The molecule has 0 aromatic heterocycles. The van der Waals surface area contributed by atoms with Gasteiger partial charge in [-0.2, -0.15) is 0 Å². The van der Waals surface area contributed by atoms with Gasteiger partial charge in [-0.05, 0) is 30.3 Å². The Morgan fingerprint density at radius 2 is 1.62 bits per heavy atom. The van der Waals surface area contributed by atoms with Crippen LogP contribution >= 0.6 is 0 Å². The number of halogens is 2. The Morgan fingerprint density at radius 1 is 0.952 bits per heavy atom. The maximum atomic E-state index is 13.5. The SMILES string of the molecule is CC(=O)Nc1cccc(NC(=O)c2ccc(F)cc2F)c1. The lowest BCUT2D eigenvalue weighted by atomic mass is 10.2. The summed E-state index contributed by atoms with van der Waals surface area (Å²) in [6.07, 6.45) is 0. The molecule has 6 heteroatoms. The van der Waals surface area contributed by atoms with E-state index in [2.05, 4.69) is 10.6 Å². The lowest BCUT2D eigenvalue weighted by Gasteiger charge is -2.08. The number of benzene rings is 2. The van der Waals surface area contributed by atoms with Crippen LogP contribution in [0.15, 0.2) is 42.5 Å². The normalized spacial score (nSPS) is 10.0. The average Bonchev–Trinajstić information content (AvgIpc) is 2.37. The first-order chi connectivity index (χ1) is 9.95. The van der Waals surface area contributed by atoms with E-state index in [1.165, 1.54) is 13.0 Å². The van der Waals surface area contributed by atoms with Gasteiger partial charge in [0.2, 0.25) is 5.91 Å². The number of hydrogen-bond acceptors (Lipinski definition) is 2. The molecular formula is C15H12F2N2O2. The summed E-state index contributed by atoms with van der Waals surface area (Å²) >= 11 is 0. The predicted octanol–water partition coefficient (Wildman–Crippen LogP) is 3.18. The standard InChI is InChI=1S/C15H12F2N2O2/c1-9(20)18-11-3-2-4-12(8-11)19-15(21)13-6-5-10(16)7-14(13)17/h2-8H,1H3,(H,18,20)(H,19,21). The van der Waals surface area contributed by atoms with Crippen molar-refractivity contribution < 1.29 is 18.4 Å². The van der Waals surface area contributed by atoms with E-state index in [1.807, 2.05) is 0 Å². The minimum absolute atomic E-state index is 0.247. The van der Waals surface area contributed by atoms with Gasteiger partial charge in [0.05, 0.1) is 5.56 Å². The molecule has 0 heterocycles. The van der Waals surface area contributed by atoms with Gasteiger partial charge in [0.25, 0.3) is 5.91 Å². The number of amides is 2. The van der Waals surface area contributed by atoms with Crippen LogP contribution in [0, 0.1) is 11.6 Å². The van der Waals surface area contributed by atoms with Gasteiger partial charge in [0.1, 0.15) is 11.6 Å². The molecule has 108 valence electrons. The van der Waals surface area contributed by atoms with E-state index in [0.29, 0.717) is 17.4 Å². The Bertz CT molecular complexity index is 702. The Kier molecular flexibility index (Phi) is 4.27. The Morgan fingerprint density at radius 3 is 2.24 bits per heavy atom. The lowest BCUT2D eigenvalue weighted by Crippen LogP contribution is -2.14. The molecule has 0 radical (unpaired) electrons. The van der Waals surface area contributed by atoms with Crippen molar-refractivity contribution in [2.45, 2.75) is 6.92 Å². The monoisotopic (exact) mass is 290 g/mol. The molecule has 2 aromatic rings. The largest absolute Gasteiger partial charge is 0.326 e. The molecular weight excluding hydrogens is 278 g/mol.